The molecule has 0 aliphatic heterocycles. The number of hydrogen-bond acceptors (Lipinski definition) is 7. The number of nitrogens with two attached hydrogens (primary N) is 1. The van der Waals surface area contributed by atoms with Gasteiger partial charge >= 0.3 is 0 Å². The van der Waals surface area contributed by atoms with Crippen LogP contribution in [-0.4, -0.2) is 39.0 Å². The molecule has 0 radical (unpaired) electrons. The van der Waals surface area contributed by atoms with Crippen molar-refractivity contribution in [2.24, 2.45) is 0 Å². The van der Waals surface area contributed by atoms with Gasteiger partial charge in [-0.25, -0.2) is 23.6 Å². The van der Waals surface area contributed by atoms with Crippen LogP contribution in [0.4, 0.5) is 14.6 Å². The Hall–Kier alpha value is -5.13. The number of aromatic nitrogens is 7. The van der Waals surface area contributed by atoms with E-state index in [4.69, 9.17) is 10.8 Å². The van der Waals surface area contributed by atoms with Crippen molar-refractivity contribution in [2.45, 2.75) is 19.9 Å². The Bertz CT molecular complexity index is 1900. The SMILES string of the molecule is Cc1ccn2nc(C(C)n3nc(-c4cc(O)c(F)c(F)c4)c4c(N)ncnc43)n(-c3ccccc3)c(=O)c12. The number of phenolic OH excluding ortho intramolecular Hbond substituents is 1. The van der Waals surface area contributed by atoms with Gasteiger partial charge in [0.25, 0.3) is 5.56 Å². The summed E-state index contributed by atoms with van der Waals surface area (Å²) in [7, 11) is 0. The summed E-state index contributed by atoms with van der Waals surface area (Å²) in [5, 5.41) is 19.6. The molecule has 0 amide bonds. The molecule has 1 unspecified atom stereocenters. The van der Waals surface area contributed by atoms with Gasteiger partial charge in [0.2, 0.25) is 0 Å². The van der Waals surface area contributed by atoms with Crippen molar-refractivity contribution in [1.82, 2.24) is 33.9 Å². The van der Waals surface area contributed by atoms with Crippen LogP contribution in [0.5, 0.6) is 5.75 Å². The van der Waals surface area contributed by atoms with E-state index in [1.165, 1.54) is 20.1 Å². The monoisotopic (exact) mass is 514 g/mol. The lowest BCUT2D eigenvalue weighted by atomic mass is 10.1. The van der Waals surface area contributed by atoms with Crippen molar-refractivity contribution in [3.05, 3.63) is 94.4 Å². The first-order valence-electron chi connectivity index (χ1n) is 11.6. The molecule has 0 aliphatic carbocycles. The summed E-state index contributed by atoms with van der Waals surface area (Å²) >= 11 is 0. The number of para-hydroxylation sites is 1. The van der Waals surface area contributed by atoms with Crippen LogP contribution in [0.1, 0.15) is 24.4 Å². The maximum Gasteiger partial charge on any atom is 0.282 e. The molecule has 0 aliphatic rings. The minimum Gasteiger partial charge on any atom is -0.505 e. The fourth-order valence-electron chi connectivity index (χ4n) is 4.62. The molecule has 38 heavy (non-hydrogen) atoms. The molecule has 3 N–H and O–H groups in total. The first kappa shape index (κ1) is 23.3. The molecular formula is C26H20F2N8O2. The van der Waals surface area contributed by atoms with Gasteiger partial charge in [-0.1, -0.05) is 18.2 Å². The number of halogens is 2. The van der Waals surface area contributed by atoms with Gasteiger partial charge in [-0.2, -0.15) is 14.6 Å². The van der Waals surface area contributed by atoms with Gasteiger partial charge in [-0.05, 0) is 49.7 Å². The maximum absolute atomic E-state index is 14.2. The van der Waals surface area contributed by atoms with Crippen LogP contribution in [-0.2, 0) is 0 Å². The van der Waals surface area contributed by atoms with Crippen LogP contribution in [0.2, 0.25) is 0 Å². The Morgan fingerprint density at radius 1 is 1.05 bits per heavy atom. The van der Waals surface area contributed by atoms with Crippen molar-refractivity contribution >= 4 is 22.4 Å². The van der Waals surface area contributed by atoms with Crippen LogP contribution < -0.4 is 11.3 Å². The maximum atomic E-state index is 14.2. The van der Waals surface area contributed by atoms with Crippen LogP contribution in [0, 0.1) is 18.6 Å². The zero-order chi connectivity index (χ0) is 26.7. The second-order valence-corrected chi connectivity index (χ2v) is 8.84. The van der Waals surface area contributed by atoms with E-state index in [-0.39, 0.29) is 33.7 Å². The molecule has 190 valence electrons. The van der Waals surface area contributed by atoms with Crippen LogP contribution in [0.3, 0.4) is 0 Å². The Labute approximate surface area is 213 Å². The van der Waals surface area contributed by atoms with E-state index >= 15 is 0 Å². The lowest BCUT2D eigenvalue weighted by Crippen LogP contribution is -2.29. The van der Waals surface area contributed by atoms with Gasteiger partial charge < -0.3 is 10.8 Å². The zero-order valence-electron chi connectivity index (χ0n) is 20.2. The minimum atomic E-state index is -1.37. The summed E-state index contributed by atoms with van der Waals surface area (Å²) in [6.45, 7) is 3.61. The number of aryl methyl sites for hydroxylation is 1. The predicted octanol–water partition coefficient (Wildman–Crippen LogP) is 3.78. The molecule has 1 atom stereocenters. The van der Waals surface area contributed by atoms with Crippen molar-refractivity contribution < 1.29 is 13.9 Å². The molecule has 0 saturated carbocycles. The van der Waals surface area contributed by atoms with Gasteiger partial charge in [0, 0.05) is 11.8 Å². The molecule has 2 aromatic carbocycles. The van der Waals surface area contributed by atoms with E-state index in [1.54, 1.807) is 31.3 Å². The highest BCUT2D eigenvalue weighted by atomic mass is 19.2. The first-order valence-corrected chi connectivity index (χ1v) is 11.6. The lowest BCUT2D eigenvalue weighted by molar-refractivity contribution is 0.407. The number of anilines is 1. The number of nitrogen functional groups attached to an aromatic ring is 1. The van der Waals surface area contributed by atoms with E-state index in [9.17, 15) is 18.7 Å². The summed E-state index contributed by atoms with van der Waals surface area (Å²) < 4.78 is 32.5. The molecule has 0 spiro atoms. The third-order valence-corrected chi connectivity index (χ3v) is 6.47. The van der Waals surface area contributed by atoms with Crippen molar-refractivity contribution in [3.63, 3.8) is 0 Å². The predicted molar refractivity (Wildman–Crippen MR) is 136 cm³/mol. The fraction of sp³-hybridized carbons (Fsp3) is 0.115. The molecule has 0 bridgehead atoms. The molecule has 0 fully saturated rings. The molecule has 6 aromatic rings. The molecule has 4 aromatic heterocycles. The second kappa shape index (κ2) is 8.47. The van der Waals surface area contributed by atoms with Gasteiger partial charge in [0.1, 0.15) is 29.4 Å². The largest absolute Gasteiger partial charge is 0.505 e. The van der Waals surface area contributed by atoms with E-state index in [2.05, 4.69) is 15.1 Å². The topological polar surface area (TPSA) is 129 Å². The lowest BCUT2D eigenvalue weighted by Gasteiger charge is -2.19. The highest BCUT2D eigenvalue weighted by Gasteiger charge is 2.26. The number of aromatic hydroxyl groups is 1. The van der Waals surface area contributed by atoms with Crippen molar-refractivity contribution in [3.8, 4) is 22.7 Å². The number of hydrogen-bond donors (Lipinski definition) is 2. The van der Waals surface area contributed by atoms with Gasteiger partial charge in [0.05, 0.1) is 11.1 Å². The third kappa shape index (κ3) is 3.41. The highest BCUT2D eigenvalue weighted by Crippen LogP contribution is 2.35. The number of fused-ring (bicyclic) bond motifs is 2. The average molecular weight is 514 g/mol. The number of benzene rings is 2. The highest BCUT2D eigenvalue weighted by molar-refractivity contribution is 5.98. The Balaban J connectivity index is 1.64. The van der Waals surface area contributed by atoms with Crippen LogP contribution >= 0.6 is 0 Å². The van der Waals surface area contributed by atoms with Gasteiger partial charge in [-0.3, -0.25) is 9.36 Å². The molecule has 10 nitrogen and oxygen atoms in total. The molecule has 12 heteroatoms. The van der Waals surface area contributed by atoms with Crippen LogP contribution in [0.25, 0.3) is 33.5 Å². The summed E-state index contributed by atoms with van der Waals surface area (Å²) in [6.07, 6.45) is 2.96. The van der Waals surface area contributed by atoms with Crippen molar-refractivity contribution in [1.29, 1.82) is 0 Å². The first-order chi connectivity index (χ1) is 18.3. The van der Waals surface area contributed by atoms with Crippen LogP contribution in [0.15, 0.2) is 65.8 Å². The quantitative estimate of drug-likeness (QED) is 0.366. The number of nitrogens with zero attached hydrogens (tertiary/aromatic N) is 7. The summed E-state index contributed by atoms with van der Waals surface area (Å²) in [5.74, 6) is -3.11. The summed E-state index contributed by atoms with van der Waals surface area (Å²) in [5.41, 5.74) is 8.18. The van der Waals surface area contributed by atoms with E-state index in [0.29, 0.717) is 17.0 Å². The zero-order valence-corrected chi connectivity index (χ0v) is 20.2. The average Bonchev–Trinajstić information content (AvgIpc) is 3.49. The Kier molecular flexibility index (Phi) is 5.19. The molecular weight excluding hydrogens is 494 g/mol. The molecule has 4 heterocycles. The normalized spacial score (nSPS) is 12.4. The standard InChI is InChI=1S/C26H20F2N8O2/c1-13-8-9-34-22(13)26(38)35(16-6-4-3-5-7-16)24(33-34)14(2)36-25-19(23(29)30-12-31-25)21(32-36)15-10-17(27)20(28)18(37)11-15/h3-12,14,37H,1-2H3,(H2,29,30,31). The Morgan fingerprint density at radius 2 is 1.82 bits per heavy atom. The minimum absolute atomic E-state index is 0.0533. The van der Waals surface area contributed by atoms with E-state index < -0.39 is 23.4 Å². The van der Waals surface area contributed by atoms with Gasteiger partial charge in [0.15, 0.2) is 28.9 Å². The third-order valence-electron chi connectivity index (χ3n) is 6.47. The molecule has 6 rings (SSSR count). The Morgan fingerprint density at radius 3 is 2.55 bits per heavy atom. The summed E-state index contributed by atoms with van der Waals surface area (Å²) in [6, 6.07) is 12.1. The molecule has 0 saturated heterocycles. The second-order valence-electron chi connectivity index (χ2n) is 8.84. The number of phenols is 1. The van der Waals surface area contributed by atoms with E-state index in [0.717, 1.165) is 17.7 Å². The van der Waals surface area contributed by atoms with Crippen molar-refractivity contribution in [2.75, 3.05) is 5.73 Å². The van der Waals surface area contributed by atoms with E-state index in [1.807, 2.05) is 25.1 Å². The summed E-state index contributed by atoms with van der Waals surface area (Å²) in [4.78, 5) is 22.1. The number of rotatable bonds is 4. The fourth-order valence-corrected chi connectivity index (χ4v) is 4.62. The smallest absolute Gasteiger partial charge is 0.282 e. The van der Waals surface area contributed by atoms with Gasteiger partial charge in [-0.15, -0.1) is 0 Å².